The van der Waals surface area contributed by atoms with Gasteiger partial charge in [0.05, 0.1) is 6.20 Å². The molecule has 0 bridgehead atoms. The maximum atomic E-state index is 5.53. The molecular weight excluding hydrogens is 174 g/mol. The van der Waals surface area contributed by atoms with Crippen LogP contribution in [-0.4, -0.2) is 4.98 Å². The fraction of sp³-hybridized carbons (Fsp3) is 0.0833. The van der Waals surface area contributed by atoms with E-state index in [1.54, 1.807) is 12.3 Å². The lowest BCUT2D eigenvalue weighted by molar-refractivity contribution is 0.521. The SMILES string of the molecule is C=CCc1ncc(-c2ccccc2)o1. The van der Waals surface area contributed by atoms with Crippen LogP contribution in [0, 0.1) is 0 Å². The molecule has 2 nitrogen and oxygen atoms in total. The minimum atomic E-state index is 0.673. The Kier molecular flexibility index (Phi) is 2.45. The van der Waals surface area contributed by atoms with E-state index >= 15 is 0 Å². The summed E-state index contributed by atoms with van der Waals surface area (Å²) in [5.74, 6) is 1.52. The number of oxazole rings is 1. The molecule has 0 amide bonds. The molecule has 2 aromatic rings. The lowest BCUT2D eigenvalue weighted by atomic mass is 10.2. The lowest BCUT2D eigenvalue weighted by Gasteiger charge is -1.93. The lowest BCUT2D eigenvalue weighted by Crippen LogP contribution is -1.76. The highest BCUT2D eigenvalue weighted by Gasteiger charge is 2.03. The van der Waals surface area contributed by atoms with Gasteiger partial charge in [-0.05, 0) is 0 Å². The van der Waals surface area contributed by atoms with Gasteiger partial charge in [-0.1, -0.05) is 36.4 Å². The molecule has 1 heterocycles. The second kappa shape index (κ2) is 3.92. The summed E-state index contributed by atoms with van der Waals surface area (Å²) in [4.78, 5) is 4.14. The Morgan fingerprint density at radius 1 is 1.29 bits per heavy atom. The second-order valence-electron chi connectivity index (χ2n) is 2.98. The van der Waals surface area contributed by atoms with Gasteiger partial charge in [-0.2, -0.15) is 0 Å². The van der Waals surface area contributed by atoms with Gasteiger partial charge in [0, 0.05) is 12.0 Å². The van der Waals surface area contributed by atoms with Gasteiger partial charge in [0.2, 0.25) is 0 Å². The van der Waals surface area contributed by atoms with Crippen molar-refractivity contribution in [3.8, 4) is 11.3 Å². The van der Waals surface area contributed by atoms with Crippen LogP contribution in [0.4, 0.5) is 0 Å². The highest BCUT2D eigenvalue weighted by Crippen LogP contribution is 2.19. The molecule has 2 rings (SSSR count). The number of allylic oxidation sites excluding steroid dienone is 1. The van der Waals surface area contributed by atoms with Crippen molar-refractivity contribution in [1.29, 1.82) is 0 Å². The third kappa shape index (κ3) is 1.74. The van der Waals surface area contributed by atoms with E-state index in [4.69, 9.17) is 4.42 Å². The molecule has 0 unspecified atom stereocenters. The molecule has 0 aliphatic carbocycles. The summed E-state index contributed by atoms with van der Waals surface area (Å²) in [6, 6.07) is 9.93. The first-order valence-electron chi connectivity index (χ1n) is 4.51. The molecule has 0 saturated carbocycles. The van der Waals surface area contributed by atoms with Crippen LogP contribution in [0.5, 0.6) is 0 Å². The first-order valence-corrected chi connectivity index (χ1v) is 4.51. The number of hydrogen-bond donors (Lipinski definition) is 0. The summed E-state index contributed by atoms with van der Waals surface area (Å²) >= 11 is 0. The zero-order valence-electron chi connectivity index (χ0n) is 7.81. The maximum absolute atomic E-state index is 5.53. The van der Waals surface area contributed by atoms with Gasteiger partial charge in [0.1, 0.15) is 0 Å². The summed E-state index contributed by atoms with van der Waals surface area (Å²) in [5.41, 5.74) is 1.05. The first-order chi connectivity index (χ1) is 6.90. The zero-order valence-corrected chi connectivity index (χ0v) is 7.81. The Bertz CT molecular complexity index is 417. The van der Waals surface area contributed by atoms with Crippen molar-refractivity contribution in [3.63, 3.8) is 0 Å². The van der Waals surface area contributed by atoms with Gasteiger partial charge in [0.25, 0.3) is 0 Å². The van der Waals surface area contributed by atoms with Crippen molar-refractivity contribution in [2.24, 2.45) is 0 Å². The summed E-state index contributed by atoms with van der Waals surface area (Å²) in [6.45, 7) is 3.64. The van der Waals surface area contributed by atoms with Crippen molar-refractivity contribution in [2.75, 3.05) is 0 Å². The van der Waals surface area contributed by atoms with Crippen molar-refractivity contribution < 1.29 is 4.42 Å². The summed E-state index contributed by atoms with van der Waals surface area (Å²) in [5, 5.41) is 0. The molecule has 0 aliphatic rings. The zero-order chi connectivity index (χ0) is 9.80. The molecule has 0 spiro atoms. The minimum Gasteiger partial charge on any atom is -0.440 e. The standard InChI is InChI=1S/C12H11NO/c1-2-6-12-13-9-11(14-12)10-7-4-3-5-8-10/h2-5,7-9H,1,6H2. The molecule has 0 radical (unpaired) electrons. The molecule has 0 saturated heterocycles. The van der Waals surface area contributed by atoms with Gasteiger partial charge >= 0.3 is 0 Å². The molecule has 2 heteroatoms. The van der Waals surface area contributed by atoms with Crippen LogP contribution in [0.1, 0.15) is 5.89 Å². The van der Waals surface area contributed by atoms with Gasteiger partial charge in [-0.25, -0.2) is 4.98 Å². The molecule has 1 aromatic heterocycles. The predicted molar refractivity (Wildman–Crippen MR) is 55.8 cm³/mol. The van der Waals surface area contributed by atoms with Crippen LogP contribution in [-0.2, 0) is 6.42 Å². The Morgan fingerprint density at radius 3 is 2.79 bits per heavy atom. The van der Waals surface area contributed by atoms with Crippen LogP contribution in [0.3, 0.4) is 0 Å². The topological polar surface area (TPSA) is 26.0 Å². The van der Waals surface area contributed by atoms with E-state index in [-0.39, 0.29) is 0 Å². The predicted octanol–water partition coefficient (Wildman–Crippen LogP) is 3.07. The number of aromatic nitrogens is 1. The monoisotopic (exact) mass is 185 g/mol. The van der Waals surface area contributed by atoms with E-state index in [9.17, 15) is 0 Å². The van der Waals surface area contributed by atoms with E-state index < -0.39 is 0 Å². The Balaban J connectivity index is 2.29. The fourth-order valence-corrected chi connectivity index (χ4v) is 1.26. The van der Waals surface area contributed by atoms with Gasteiger partial charge in [-0.3, -0.25) is 0 Å². The highest BCUT2D eigenvalue weighted by molar-refractivity contribution is 5.55. The fourth-order valence-electron chi connectivity index (χ4n) is 1.26. The average Bonchev–Trinajstić information content (AvgIpc) is 2.68. The molecular formula is C12H11NO. The molecule has 0 N–H and O–H groups in total. The molecule has 1 aromatic carbocycles. The third-order valence-electron chi connectivity index (χ3n) is 1.93. The Hall–Kier alpha value is -1.83. The van der Waals surface area contributed by atoms with Crippen LogP contribution >= 0.6 is 0 Å². The van der Waals surface area contributed by atoms with E-state index in [0.29, 0.717) is 12.3 Å². The molecule has 0 fully saturated rings. The Morgan fingerprint density at radius 2 is 2.07 bits per heavy atom. The third-order valence-corrected chi connectivity index (χ3v) is 1.93. The number of nitrogens with zero attached hydrogens (tertiary/aromatic N) is 1. The number of benzene rings is 1. The number of hydrogen-bond acceptors (Lipinski definition) is 2. The van der Waals surface area contributed by atoms with E-state index in [1.807, 2.05) is 30.3 Å². The number of rotatable bonds is 3. The van der Waals surface area contributed by atoms with Crippen molar-refractivity contribution in [3.05, 3.63) is 55.1 Å². The molecule has 0 atom stereocenters. The molecule has 70 valence electrons. The van der Waals surface area contributed by atoms with E-state index in [1.165, 1.54) is 0 Å². The van der Waals surface area contributed by atoms with Gasteiger partial charge in [-0.15, -0.1) is 6.58 Å². The van der Waals surface area contributed by atoms with Crippen molar-refractivity contribution in [1.82, 2.24) is 4.98 Å². The minimum absolute atomic E-state index is 0.673. The van der Waals surface area contributed by atoms with Gasteiger partial charge < -0.3 is 4.42 Å². The van der Waals surface area contributed by atoms with Crippen LogP contribution in [0.2, 0.25) is 0 Å². The van der Waals surface area contributed by atoms with Crippen LogP contribution < -0.4 is 0 Å². The largest absolute Gasteiger partial charge is 0.440 e. The second-order valence-corrected chi connectivity index (χ2v) is 2.98. The van der Waals surface area contributed by atoms with Crippen LogP contribution in [0.25, 0.3) is 11.3 Å². The first kappa shape index (κ1) is 8.75. The smallest absolute Gasteiger partial charge is 0.198 e. The normalized spacial score (nSPS) is 10.0. The molecule has 14 heavy (non-hydrogen) atoms. The maximum Gasteiger partial charge on any atom is 0.198 e. The van der Waals surface area contributed by atoms with Crippen molar-refractivity contribution in [2.45, 2.75) is 6.42 Å². The summed E-state index contributed by atoms with van der Waals surface area (Å²) in [6.07, 6.45) is 4.20. The summed E-state index contributed by atoms with van der Waals surface area (Å²) in [7, 11) is 0. The summed E-state index contributed by atoms with van der Waals surface area (Å²) < 4.78 is 5.53. The molecule has 0 aliphatic heterocycles. The van der Waals surface area contributed by atoms with Crippen LogP contribution in [0.15, 0.2) is 53.6 Å². The highest BCUT2D eigenvalue weighted by atomic mass is 16.4. The van der Waals surface area contributed by atoms with E-state index in [2.05, 4.69) is 11.6 Å². The average molecular weight is 185 g/mol. The quantitative estimate of drug-likeness (QED) is 0.687. The van der Waals surface area contributed by atoms with Gasteiger partial charge in [0.15, 0.2) is 11.7 Å². The Labute approximate surface area is 82.9 Å². The van der Waals surface area contributed by atoms with Crippen molar-refractivity contribution >= 4 is 0 Å². The van der Waals surface area contributed by atoms with E-state index in [0.717, 1.165) is 11.3 Å².